The van der Waals surface area contributed by atoms with Crippen LogP contribution in [-0.4, -0.2) is 71.7 Å². The molecule has 1 heterocycles. The zero-order chi connectivity index (χ0) is 14.4. The molecule has 110 valence electrons. The van der Waals surface area contributed by atoms with Crippen molar-refractivity contribution in [2.24, 2.45) is 0 Å². The van der Waals surface area contributed by atoms with Gasteiger partial charge in [-0.25, -0.2) is 0 Å². The van der Waals surface area contributed by atoms with Gasteiger partial charge in [-0.15, -0.1) is 0 Å². The van der Waals surface area contributed by atoms with Gasteiger partial charge in [-0.1, -0.05) is 13.8 Å². The number of carbonyl (C=O) groups is 2. The molecule has 1 aliphatic heterocycles. The van der Waals surface area contributed by atoms with Gasteiger partial charge in [-0.05, 0) is 19.9 Å². The summed E-state index contributed by atoms with van der Waals surface area (Å²) in [4.78, 5) is 26.8. The number of hydrogen-bond donors (Lipinski definition) is 1. The molecular formula is C13H24N2O4. The first-order valence-corrected chi connectivity index (χ1v) is 6.85. The quantitative estimate of drug-likeness (QED) is 0.759. The third kappa shape index (κ3) is 4.47. The van der Waals surface area contributed by atoms with E-state index in [-0.39, 0.29) is 18.5 Å². The van der Waals surface area contributed by atoms with Crippen molar-refractivity contribution in [2.45, 2.75) is 39.3 Å². The molecule has 1 N–H and O–H groups in total. The van der Waals surface area contributed by atoms with Crippen molar-refractivity contribution in [3.8, 4) is 0 Å². The number of likely N-dealkylation sites (N-methyl/N-ethyl adjacent to an activating group) is 1. The molecule has 0 aromatic carbocycles. The van der Waals surface area contributed by atoms with Gasteiger partial charge in [0.25, 0.3) is 5.91 Å². The summed E-state index contributed by atoms with van der Waals surface area (Å²) >= 11 is 0. The molecule has 1 amide bonds. The lowest BCUT2D eigenvalue weighted by Gasteiger charge is -2.36. The van der Waals surface area contributed by atoms with E-state index in [1.54, 1.807) is 0 Å². The summed E-state index contributed by atoms with van der Waals surface area (Å²) in [5.74, 6) is -1.20. The average Bonchev–Trinajstić information content (AvgIpc) is 2.43. The Bertz CT molecular complexity index is 322. The smallest absolute Gasteiger partial charge is 0.323 e. The van der Waals surface area contributed by atoms with Crippen LogP contribution in [0.2, 0.25) is 0 Å². The van der Waals surface area contributed by atoms with Crippen LogP contribution >= 0.6 is 0 Å². The van der Waals surface area contributed by atoms with Crippen LogP contribution in [0, 0.1) is 0 Å². The maximum atomic E-state index is 12.4. The van der Waals surface area contributed by atoms with E-state index in [0.717, 1.165) is 19.5 Å². The number of hydrogen-bond acceptors (Lipinski definition) is 4. The highest BCUT2D eigenvalue weighted by Gasteiger charge is 2.32. The molecule has 19 heavy (non-hydrogen) atoms. The normalized spacial score (nSPS) is 21.9. The fourth-order valence-corrected chi connectivity index (χ4v) is 2.14. The molecule has 1 aliphatic rings. The fourth-order valence-electron chi connectivity index (χ4n) is 2.14. The summed E-state index contributed by atoms with van der Waals surface area (Å²) in [5.41, 5.74) is 0. The lowest BCUT2D eigenvalue weighted by atomic mass is 10.1. The minimum absolute atomic E-state index is 0.0933. The molecule has 1 rings (SSSR count). The lowest BCUT2D eigenvalue weighted by molar-refractivity contribution is -0.156. The number of nitrogens with zero attached hydrogens (tertiary/aromatic N) is 2. The maximum absolute atomic E-state index is 12.4. The van der Waals surface area contributed by atoms with Crippen molar-refractivity contribution < 1.29 is 19.4 Å². The van der Waals surface area contributed by atoms with Crippen molar-refractivity contribution >= 4 is 11.9 Å². The molecule has 0 radical (unpaired) electrons. The first-order chi connectivity index (χ1) is 8.99. The van der Waals surface area contributed by atoms with E-state index in [1.165, 1.54) is 4.90 Å². The number of carboxylic acids is 1. The predicted octanol–water partition coefficient (Wildman–Crippen LogP) is 0.419. The highest BCUT2D eigenvalue weighted by atomic mass is 16.5. The summed E-state index contributed by atoms with van der Waals surface area (Å²) in [6.07, 6.45) is 0.186. The third-order valence-electron chi connectivity index (χ3n) is 3.58. The summed E-state index contributed by atoms with van der Waals surface area (Å²) in [5, 5.41) is 8.93. The second kappa shape index (κ2) is 7.45. The second-order valence-corrected chi connectivity index (χ2v) is 4.87. The highest BCUT2D eigenvalue weighted by Crippen LogP contribution is 2.12. The summed E-state index contributed by atoms with van der Waals surface area (Å²) < 4.78 is 5.50. The topological polar surface area (TPSA) is 70.1 Å². The number of carboxylic acid groups (broad SMARTS) is 1. The van der Waals surface area contributed by atoms with Crippen molar-refractivity contribution in [1.29, 1.82) is 0 Å². The molecule has 1 saturated heterocycles. The first-order valence-electron chi connectivity index (χ1n) is 6.85. The van der Waals surface area contributed by atoms with Crippen LogP contribution in [0.5, 0.6) is 0 Å². The number of rotatable bonds is 6. The van der Waals surface area contributed by atoms with Crippen LogP contribution < -0.4 is 0 Å². The van der Waals surface area contributed by atoms with Gasteiger partial charge < -0.3 is 14.7 Å². The molecule has 0 aromatic heterocycles. The SMILES string of the molecule is CC[C@H](C)N(CC(=O)O)C(=O)[C@@H]1CN(CC)CCO1. The van der Waals surface area contributed by atoms with Gasteiger partial charge in [-0.3, -0.25) is 14.5 Å². The Kier molecular flexibility index (Phi) is 6.24. The maximum Gasteiger partial charge on any atom is 0.323 e. The van der Waals surface area contributed by atoms with Crippen LogP contribution in [-0.2, 0) is 14.3 Å². The number of morpholine rings is 1. The van der Waals surface area contributed by atoms with Crippen molar-refractivity contribution in [3.63, 3.8) is 0 Å². The Hall–Kier alpha value is -1.14. The van der Waals surface area contributed by atoms with Crippen molar-refractivity contribution in [1.82, 2.24) is 9.80 Å². The van der Waals surface area contributed by atoms with Gasteiger partial charge in [0.1, 0.15) is 12.6 Å². The standard InChI is InChI=1S/C13H24N2O4/c1-4-10(3)15(9-12(16)17)13(18)11-8-14(5-2)6-7-19-11/h10-11H,4-9H2,1-3H3,(H,16,17)/t10-,11-/m0/s1. The predicted molar refractivity (Wildman–Crippen MR) is 71.0 cm³/mol. The molecule has 6 heteroatoms. The van der Waals surface area contributed by atoms with E-state index in [4.69, 9.17) is 9.84 Å². The largest absolute Gasteiger partial charge is 0.480 e. The Labute approximate surface area is 114 Å². The lowest BCUT2D eigenvalue weighted by Crippen LogP contribution is -2.53. The molecule has 0 unspecified atom stereocenters. The van der Waals surface area contributed by atoms with Gasteiger partial charge in [-0.2, -0.15) is 0 Å². The van der Waals surface area contributed by atoms with Crippen LogP contribution in [0.3, 0.4) is 0 Å². The molecule has 6 nitrogen and oxygen atoms in total. The minimum Gasteiger partial charge on any atom is -0.480 e. The number of aliphatic carboxylic acids is 1. The number of amides is 1. The Morgan fingerprint density at radius 3 is 2.68 bits per heavy atom. The summed E-state index contributed by atoms with van der Waals surface area (Å²) in [7, 11) is 0. The van der Waals surface area contributed by atoms with Gasteiger partial charge in [0.15, 0.2) is 0 Å². The van der Waals surface area contributed by atoms with Crippen molar-refractivity contribution in [3.05, 3.63) is 0 Å². The van der Waals surface area contributed by atoms with E-state index in [2.05, 4.69) is 4.90 Å². The van der Waals surface area contributed by atoms with E-state index >= 15 is 0 Å². The van der Waals surface area contributed by atoms with Crippen LogP contribution in [0.1, 0.15) is 27.2 Å². The monoisotopic (exact) mass is 272 g/mol. The Morgan fingerprint density at radius 2 is 2.16 bits per heavy atom. The minimum atomic E-state index is -0.989. The van der Waals surface area contributed by atoms with Gasteiger partial charge in [0, 0.05) is 19.1 Å². The van der Waals surface area contributed by atoms with Crippen LogP contribution in [0.4, 0.5) is 0 Å². The summed E-state index contributed by atoms with van der Waals surface area (Å²) in [6.45, 7) is 8.33. The fraction of sp³-hybridized carbons (Fsp3) is 0.846. The highest BCUT2D eigenvalue weighted by molar-refractivity contribution is 5.85. The van der Waals surface area contributed by atoms with E-state index in [1.807, 2.05) is 20.8 Å². The van der Waals surface area contributed by atoms with Crippen LogP contribution in [0.25, 0.3) is 0 Å². The molecule has 0 saturated carbocycles. The molecule has 1 fully saturated rings. The first kappa shape index (κ1) is 15.9. The van der Waals surface area contributed by atoms with Gasteiger partial charge in [0.2, 0.25) is 0 Å². The Balaban J connectivity index is 2.71. The molecular weight excluding hydrogens is 248 g/mol. The number of ether oxygens (including phenoxy) is 1. The van der Waals surface area contributed by atoms with Gasteiger partial charge >= 0.3 is 5.97 Å². The molecule has 0 bridgehead atoms. The molecule has 2 atom stereocenters. The van der Waals surface area contributed by atoms with E-state index in [9.17, 15) is 9.59 Å². The Morgan fingerprint density at radius 1 is 1.47 bits per heavy atom. The average molecular weight is 272 g/mol. The summed E-state index contributed by atoms with van der Waals surface area (Å²) in [6, 6.07) is -0.0933. The van der Waals surface area contributed by atoms with Crippen molar-refractivity contribution in [2.75, 3.05) is 32.8 Å². The second-order valence-electron chi connectivity index (χ2n) is 4.87. The molecule has 0 aliphatic carbocycles. The zero-order valence-corrected chi connectivity index (χ0v) is 12.0. The van der Waals surface area contributed by atoms with Gasteiger partial charge in [0.05, 0.1) is 6.61 Å². The molecule has 0 aromatic rings. The molecule has 0 spiro atoms. The van der Waals surface area contributed by atoms with Crippen LogP contribution in [0.15, 0.2) is 0 Å². The zero-order valence-electron chi connectivity index (χ0n) is 12.0. The number of carbonyl (C=O) groups excluding carboxylic acids is 1. The van der Waals surface area contributed by atoms with E-state index < -0.39 is 12.1 Å². The third-order valence-corrected chi connectivity index (χ3v) is 3.58. The van der Waals surface area contributed by atoms with E-state index in [0.29, 0.717) is 13.2 Å².